The zero-order valence-corrected chi connectivity index (χ0v) is 14.6. The maximum atomic E-state index is 12.5. The van der Waals surface area contributed by atoms with Crippen molar-refractivity contribution < 1.29 is 23.9 Å². The van der Waals surface area contributed by atoms with Crippen LogP contribution in [0, 0.1) is 11.3 Å². The molecular formula is C17H24N2O5. The number of carbonyl (C=O) groups excluding carboxylic acids is 3. The van der Waals surface area contributed by atoms with Crippen LogP contribution in [0.25, 0.3) is 0 Å². The van der Waals surface area contributed by atoms with Crippen LogP contribution in [0.5, 0.6) is 0 Å². The Balaban J connectivity index is 2.99. The number of hydrogen-bond donors (Lipinski definition) is 0. The van der Waals surface area contributed by atoms with Crippen LogP contribution in [0.15, 0.2) is 12.2 Å². The number of Topliss-reactive ketones (excluding diaryl/α,β-unsaturated/α-hetero) is 1. The van der Waals surface area contributed by atoms with Crippen LogP contribution >= 0.6 is 0 Å². The molecule has 0 bridgehead atoms. The summed E-state index contributed by atoms with van der Waals surface area (Å²) < 4.78 is 10.7. The van der Waals surface area contributed by atoms with Crippen molar-refractivity contribution in [2.45, 2.75) is 58.2 Å². The highest BCUT2D eigenvalue weighted by molar-refractivity contribution is 5.92. The number of allylic oxidation sites excluding steroid dienone is 1. The molecular weight excluding hydrogens is 312 g/mol. The summed E-state index contributed by atoms with van der Waals surface area (Å²) in [6, 6.07) is 1.81. The van der Waals surface area contributed by atoms with Gasteiger partial charge in [0.25, 0.3) is 0 Å². The minimum atomic E-state index is -1.50. The number of carbonyl (C=O) groups is 3. The lowest BCUT2D eigenvalue weighted by Gasteiger charge is -2.28. The molecule has 24 heavy (non-hydrogen) atoms. The number of hydrogen-bond acceptors (Lipinski definition) is 6. The SMILES string of the molecule is CCC(=O)OC1(C=CC#N)CCN(C(=O)OC(C)(C)C)CCC1=O. The summed E-state index contributed by atoms with van der Waals surface area (Å²) in [7, 11) is 0. The van der Waals surface area contributed by atoms with E-state index in [0.29, 0.717) is 0 Å². The van der Waals surface area contributed by atoms with E-state index in [1.807, 2.05) is 6.07 Å². The lowest BCUT2D eigenvalue weighted by Crippen LogP contribution is -2.42. The zero-order chi connectivity index (χ0) is 18.4. The van der Waals surface area contributed by atoms with Crippen molar-refractivity contribution in [1.82, 2.24) is 4.90 Å². The molecule has 0 saturated carbocycles. The Morgan fingerprint density at radius 1 is 1.38 bits per heavy atom. The Labute approximate surface area is 142 Å². The molecule has 0 radical (unpaired) electrons. The van der Waals surface area contributed by atoms with E-state index in [1.165, 1.54) is 11.0 Å². The molecule has 1 rings (SSSR count). The van der Waals surface area contributed by atoms with Gasteiger partial charge in [-0.25, -0.2) is 4.79 Å². The van der Waals surface area contributed by atoms with Crippen molar-refractivity contribution >= 4 is 17.8 Å². The predicted octanol–water partition coefficient (Wildman–Crippen LogP) is 2.36. The first kappa shape index (κ1) is 19.7. The van der Waals surface area contributed by atoms with Gasteiger partial charge in [-0.3, -0.25) is 9.59 Å². The maximum absolute atomic E-state index is 12.5. The molecule has 7 heteroatoms. The first-order valence-electron chi connectivity index (χ1n) is 7.94. The van der Waals surface area contributed by atoms with E-state index in [9.17, 15) is 14.4 Å². The minimum Gasteiger partial charge on any atom is -0.447 e. The van der Waals surface area contributed by atoms with Gasteiger partial charge in [0.15, 0.2) is 11.4 Å². The smallest absolute Gasteiger partial charge is 0.410 e. The highest BCUT2D eigenvalue weighted by Crippen LogP contribution is 2.27. The highest BCUT2D eigenvalue weighted by Gasteiger charge is 2.42. The summed E-state index contributed by atoms with van der Waals surface area (Å²) in [6.07, 6.45) is 2.15. The van der Waals surface area contributed by atoms with Crippen molar-refractivity contribution in [3.05, 3.63) is 12.2 Å². The van der Waals surface area contributed by atoms with Crippen molar-refractivity contribution in [3.8, 4) is 6.07 Å². The van der Waals surface area contributed by atoms with Crippen molar-refractivity contribution in [3.63, 3.8) is 0 Å². The summed E-state index contributed by atoms with van der Waals surface area (Å²) in [6.45, 7) is 7.27. The highest BCUT2D eigenvalue weighted by atomic mass is 16.6. The van der Waals surface area contributed by atoms with Gasteiger partial charge in [0.2, 0.25) is 0 Å². The van der Waals surface area contributed by atoms with Gasteiger partial charge in [0.05, 0.1) is 6.07 Å². The van der Waals surface area contributed by atoms with Gasteiger partial charge in [-0.1, -0.05) is 6.92 Å². The first-order valence-corrected chi connectivity index (χ1v) is 7.94. The second-order valence-electron chi connectivity index (χ2n) is 6.57. The van der Waals surface area contributed by atoms with Gasteiger partial charge in [-0.2, -0.15) is 5.26 Å². The van der Waals surface area contributed by atoms with Crippen molar-refractivity contribution in [2.75, 3.05) is 13.1 Å². The Hall–Kier alpha value is -2.36. The maximum Gasteiger partial charge on any atom is 0.410 e. The Morgan fingerprint density at radius 3 is 2.58 bits per heavy atom. The molecule has 0 aromatic carbocycles. The van der Waals surface area contributed by atoms with Crippen molar-refractivity contribution in [2.24, 2.45) is 0 Å². The summed E-state index contributed by atoms with van der Waals surface area (Å²) >= 11 is 0. The average molecular weight is 336 g/mol. The van der Waals surface area contributed by atoms with Crippen LogP contribution in [0.3, 0.4) is 0 Å². The van der Waals surface area contributed by atoms with Gasteiger partial charge in [0, 0.05) is 38.4 Å². The molecule has 1 aliphatic rings. The van der Waals surface area contributed by atoms with Crippen LogP contribution < -0.4 is 0 Å². The monoisotopic (exact) mass is 336 g/mol. The van der Waals surface area contributed by atoms with Crippen LogP contribution in [-0.4, -0.2) is 47.0 Å². The third kappa shape index (κ3) is 5.37. The normalized spacial score (nSPS) is 22.0. The number of likely N-dealkylation sites (tertiary alicyclic amines) is 1. The Kier molecular flexibility index (Phi) is 6.52. The molecule has 7 nitrogen and oxygen atoms in total. The second-order valence-corrected chi connectivity index (χ2v) is 6.57. The molecule has 1 saturated heterocycles. The molecule has 1 fully saturated rings. The topological polar surface area (TPSA) is 96.7 Å². The standard InChI is InChI=1S/C17H24N2O5/c1-5-14(21)23-17(8-6-10-18)9-12-19(11-7-13(17)20)15(22)24-16(2,3)4/h6,8H,5,7,9,11-12H2,1-4H3. The number of ketones is 1. The Bertz CT molecular complexity index is 571. The summed E-state index contributed by atoms with van der Waals surface area (Å²) in [4.78, 5) is 37.9. The molecule has 0 spiro atoms. The summed E-state index contributed by atoms with van der Waals surface area (Å²) in [5.74, 6) is -0.862. The number of amides is 1. The third-order valence-corrected chi connectivity index (χ3v) is 3.50. The average Bonchev–Trinajstić information content (AvgIpc) is 2.64. The fourth-order valence-electron chi connectivity index (χ4n) is 2.27. The van der Waals surface area contributed by atoms with Crippen LogP contribution in [0.1, 0.15) is 47.0 Å². The zero-order valence-electron chi connectivity index (χ0n) is 14.6. The number of nitriles is 1. The first-order chi connectivity index (χ1) is 11.1. The quantitative estimate of drug-likeness (QED) is 0.580. The number of nitrogens with zero attached hydrogens (tertiary/aromatic N) is 2. The molecule has 1 aliphatic heterocycles. The fourth-order valence-corrected chi connectivity index (χ4v) is 2.27. The van der Waals surface area contributed by atoms with E-state index in [4.69, 9.17) is 14.7 Å². The van der Waals surface area contributed by atoms with Crippen LogP contribution in [0.4, 0.5) is 4.79 Å². The molecule has 1 atom stereocenters. The molecule has 0 N–H and O–H groups in total. The molecule has 0 aromatic rings. The number of ether oxygens (including phenoxy) is 2. The molecule has 0 aromatic heterocycles. The number of rotatable bonds is 3. The molecule has 1 unspecified atom stereocenters. The van der Waals surface area contributed by atoms with E-state index in [2.05, 4.69) is 0 Å². The lowest BCUT2D eigenvalue weighted by atomic mass is 9.92. The summed E-state index contributed by atoms with van der Waals surface area (Å²) in [5, 5.41) is 8.75. The molecule has 1 amide bonds. The third-order valence-electron chi connectivity index (χ3n) is 3.50. The van der Waals surface area contributed by atoms with E-state index < -0.39 is 23.3 Å². The molecule has 0 aliphatic carbocycles. The van der Waals surface area contributed by atoms with Gasteiger partial charge < -0.3 is 14.4 Å². The summed E-state index contributed by atoms with van der Waals surface area (Å²) in [5.41, 5.74) is -2.14. The van der Waals surface area contributed by atoms with Gasteiger partial charge in [-0.15, -0.1) is 0 Å². The van der Waals surface area contributed by atoms with Gasteiger partial charge >= 0.3 is 12.1 Å². The van der Waals surface area contributed by atoms with Crippen LogP contribution in [0.2, 0.25) is 0 Å². The van der Waals surface area contributed by atoms with Crippen LogP contribution in [-0.2, 0) is 19.1 Å². The van der Waals surface area contributed by atoms with E-state index in [1.54, 1.807) is 27.7 Å². The van der Waals surface area contributed by atoms with Gasteiger partial charge in [-0.05, 0) is 26.8 Å². The lowest BCUT2D eigenvalue weighted by molar-refractivity contribution is -0.162. The minimum absolute atomic E-state index is 0.0198. The number of esters is 1. The van der Waals surface area contributed by atoms with E-state index in [-0.39, 0.29) is 38.1 Å². The second kappa shape index (κ2) is 7.95. The predicted molar refractivity (Wildman–Crippen MR) is 85.9 cm³/mol. The van der Waals surface area contributed by atoms with E-state index in [0.717, 1.165) is 6.08 Å². The Morgan fingerprint density at radius 2 is 2.04 bits per heavy atom. The van der Waals surface area contributed by atoms with Gasteiger partial charge in [0.1, 0.15) is 5.60 Å². The van der Waals surface area contributed by atoms with E-state index >= 15 is 0 Å². The van der Waals surface area contributed by atoms with Crippen molar-refractivity contribution in [1.29, 1.82) is 5.26 Å². The molecule has 132 valence electrons. The largest absolute Gasteiger partial charge is 0.447 e. The molecule has 1 heterocycles. The fraction of sp³-hybridized carbons (Fsp3) is 0.647.